The first-order chi connectivity index (χ1) is 14.8. The highest BCUT2D eigenvalue weighted by Crippen LogP contribution is 2.41. The summed E-state index contributed by atoms with van der Waals surface area (Å²) < 4.78 is 11.1. The summed E-state index contributed by atoms with van der Waals surface area (Å²) in [7, 11) is 3.45. The third-order valence-electron chi connectivity index (χ3n) is 7.53. The van der Waals surface area contributed by atoms with Crippen LogP contribution in [0.5, 0.6) is 11.5 Å². The molecular formula is C26H34N2O2. The number of piperidine rings is 1. The van der Waals surface area contributed by atoms with Crippen LogP contribution in [0.15, 0.2) is 36.4 Å². The first-order valence-electron chi connectivity index (χ1n) is 11.6. The quantitative estimate of drug-likeness (QED) is 0.782. The molecule has 1 N–H and O–H groups in total. The average molecular weight is 407 g/mol. The zero-order valence-corrected chi connectivity index (χ0v) is 18.3. The smallest absolute Gasteiger partial charge is 0.161 e. The molecule has 3 aliphatic heterocycles. The third kappa shape index (κ3) is 3.72. The maximum Gasteiger partial charge on any atom is 0.161 e. The van der Waals surface area contributed by atoms with Crippen LogP contribution < -0.4 is 14.8 Å². The fourth-order valence-electron chi connectivity index (χ4n) is 5.94. The molecule has 5 rings (SSSR count). The Labute approximate surface area is 180 Å². The Kier molecular flexibility index (Phi) is 5.70. The van der Waals surface area contributed by atoms with E-state index < -0.39 is 0 Å². The highest BCUT2D eigenvalue weighted by Gasteiger charge is 2.33. The molecule has 4 heteroatoms. The van der Waals surface area contributed by atoms with Crippen molar-refractivity contribution in [3.63, 3.8) is 0 Å². The Morgan fingerprint density at radius 3 is 2.63 bits per heavy atom. The Hall–Kier alpha value is -2.04. The second-order valence-corrected chi connectivity index (χ2v) is 9.14. The van der Waals surface area contributed by atoms with Crippen LogP contribution in [0.3, 0.4) is 0 Å². The van der Waals surface area contributed by atoms with Crippen molar-refractivity contribution in [3.05, 3.63) is 58.7 Å². The standard InChI is InChI=1S/C26H34N2O2/c1-29-25-15-20-11-13-27-23(22(20)16-26(25)30-2)9-7-18-8-10-24-21-6-4-3-5-19(21)12-14-28(24)17-18/h3-6,15-16,18,23-24,27H,7-14,17H2,1-2H3/t18-,23-,24+/m1/s1. The molecule has 4 nitrogen and oxygen atoms in total. The molecule has 2 aromatic carbocycles. The SMILES string of the molecule is COc1cc2c(cc1OC)[C@@H](CC[C@@H]1CC[C@H]3c4ccccc4CCN3C1)NCC2. The van der Waals surface area contributed by atoms with Crippen LogP contribution in [0, 0.1) is 5.92 Å². The average Bonchev–Trinajstić information content (AvgIpc) is 2.81. The molecular weight excluding hydrogens is 372 g/mol. The first-order valence-corrected chi connectivity index (χ1v) is 11.6. The van der Waals surface area contributed by atoms with E-state index in [0.717, 1.165) is 30.4 Å². The number of methoxy groups -OCH3 is 2. The lowest BCUT2D eigenvalue weighted by atomic mass is 9.81. The Morgan fingerprint density at radius 1 is 0.933 bits per heavy atom. The number of hydrogen-bond acceptors (Lipinski definition) is 4. The van der Waals surface area contributed by atoms with Crippen molar-refractivity contribution in [1.29, 1.82) is 0 Å². The maximum atomic E-state index is 5.57. The molecule has 3 atom stereocenters. The second kappa shape index (κ2) is 8.60. The van der Waals surface area contributed by atoms with Gasteiger partial charge in [-0.05, 0) is 85.4 Å². The molecule has 0 unspecified atom stereocenters. The van der Waals surface area contributed by atoms with Gasteiger partial charge in [-0.15, -0.1) is 0 Å². The van der Waals surface area contributed by atoms with Gasteiger partial charge >= 0.3 is 0 Å². The molecule has 1 fully saturated rings. The number of rotatable bonds is 5. The molecule has 30 heavy (non-hydrogen) atoms. The van der Waals surface area contributed by atoms with Crippen molar-refractivity contribution in [3.8, 4) is 11.5 Å². The molecule has 0 amide bonds. The van der Waals surface area contributed by atoms with E-state index in [1.807, 2.05) is 0 Å². The Balaban J connectivity index is 1.24. The molecule has 160 valence electrons. The molecule has 0 bridgehead atoms. The highest BCUT2D eigenvalue weighted by atomic mass is 16.5. The minimum absolute atomic E-state index is 0.424. The molecule has 3 heterocycles. The second-order valence-electron chi connectivity index (χ2n) is 9.14. The molecule has 0 aromatic heterocycles. The minimum Gasteiger partial charge on any atom is -0.493 e. The zero-order valence-electron chi connectivity index (χ0n) is 18.3. The van der Waals surface area contributed by atoms with Gasteiger partial charge in [-0.3, -0.25) is 4.90 Å². The van der Waals surface area contributed by atoms with Crippen molar-refractivity contribution in [2.75, 3.05) is 33.9 Å². The number of nitrogens with zero attached hydrogens (tertiary/aromatic N) is 1. The highest BCUT2D eigenvalue weighted by molar-refractivity contribution is 5.49. The van der Waals surface area contributed by atoms with Gasteiger partial charge in [0.05, 0.1) is 14.2 Å². The summed E-state index contributed by atoms with van der Waals surface area (Å²) in [6, 6.07) is 14.5. The molecule has 0 spiro atoms. The van der Waals surface area contributed by atoms with Crippen LogP contribution in [0.4, 0.5) is 0 Å². The van der Waals surface area contributed by atoms with Gasteiger partial charge < -0.3 is 14.8 Å². The lowest BCUT2D eigenvalue weighted by Gasteiger charge is -2.44. The van der Waals surface area contributed by atoms with Crippen LogP contribution in [-0.4, -0.2) is 38.8 Å². The van der Waals surface area contributed by atoms with Crippen LogP contribution in [0.2, 0.25) is 0 Å². The molecule has 0 radical (unpaired) electrons. The molecule has 0 aliphatic carbocycles. The topological polar surface area (TPSA) is 33.7 Å². The molecule has 0 saturated carbocycles. The van der Waals surface area contributed by atoms with Crippen molar-refractivity contribution < 1.29 is 9.47 Å². The van der Waals surface area contributed by atoms with E-state index in [4.69, 9.17) is 9.47 Å². The van der Waals surface area contributed by atoms with E-state index in [0.29, 0.717) is 12.1 Å². The number of hydrogen-bond donors (Lipinski definition) is 1. The lowest BCUT2D eigenvalue weighted by Crippen LogP contribution is -2.42. The van der Waals surface area contributed by atoms with E-state index in [2.05, 4.69) is 46.6 Å². The number of nitrogens with one attached hydrogen (secondary N) is 1. The van der Waals surface area contributed by atoms with E-state index in [9.17, 15) is 0 Å². The normalized spacial score (nSPS) is 25.7. The van der Waals surface area contributed by atoms with Gasteiger partial charge in [0.15, 0.2) is 11.5 Å². The van der Waals surface area contributed by atoms with E-state index in [1.54, 1.807) is 25.3 Å². The predicted octanol–water partition coefficient (Wildman–Crippen LogP) is 4.68. The predicted molar refractivity (Wildman–Crippen MR) is 120 cm³/mol. The van der Waals surface area contributed by atoms with E-state index in [-0.39, 0.29) is 0 Å². The summed E-state index contributed by atoms with van der Waals surface area (Å²) >= 11 is 0. The molecule has 2 aromatic rings. The van der Waals surface area contributed by atoms with Crippen molar-refractivity contribution in [2.45, 2.75) is 50.6 Å². The van der Waals surface area contributed by atoms with Gasteiger partial charge in [0.2, 0.25) is 0 Å². The summed E-state index contributed by atoms with van der Waals surface area (Å²) in [6.45, 7) is 3.52. The van der Waals surface area contributed by atoms with Crippen LogP contribution in [0.25, 0.3) is 0 Å². The summed E-state index contributed by atoms with van der Waals surface area (Å²) in [5, 5.41) is 3.76. The van der Waals surface area contributed by atoms with Gasteiger partial charge in [0.25, 0.3) is 0 Å². The van der Waals surface area contributed by atoms with Gasteiger partial charge in [0, 0.05) is 25.2 Å². The van der Waals surface area contributed by atoms with Crippen molar-refractivity contribution in [2.24, 2.45) is 5.92 Å². The summed E-state index contributed by atoms with van der Waals surface area (Å²) in [5.41, 5.74) is 5.97. The summed E-state index contributed by atoms with van der Waals surface area (Å²) in [6.07, 6.45) is 7.41. The van der Waals surface area contributed by atoms with E-state index in [1.165, 1.54) is 56.3 Å². The van der Waals surface area contributed by atoms with Crippen molar-refractivity contribution in [1.82, 2.24) is 10.2 Å². The van der Waals surface area contributed by atoms with Crippen molar-refractivity contribution >= 4 is 0 Å². The van der Waals surface area contributed by atoms with E-state index >= 15 is 0 Å². The van der Waals surface area contributed by atoms with Gasteiger partial charge in [-0.1, -0.05) is 24.3 Å². The summed E-state index contributed by atoms with van der Waals surface area (Å²) in [4.78, 5) is 2.76. The zero-order chi connectivity index (χ0) is 20.5. The number of fused-ring (bicyclic) bond motifs is 4. The Morgan fingerprint density at radius 2 is 1.77 bits per heavy atom. The van der Waals surface area contributed by atoms with Crippen LogP contribution in [0.1, 0.15) is 60.0 Å². The number of benzene rings is 2. The van der Waals surface area contributed by atoms with Crippen LogP contribution >= 0.6 is 0 Å². The van der Waals surface area contributed by atoms with Gasteiger partial charge in [0.1, 0.15) is 0 Å². The van der Waals surface area contributed by atoms with Gasteiger partial charge in [-0.25, -0.2) is 0 Å². The monoisotopic (exact) mass is 406 g/mol. The van der Waals surface area contributed by atoms with Gasteiger partial charge in [-0.2, -0.15) is 0 Å². The Bertz CT molecular complexity index is 897. The summed E-state index contributed by atoms with van der Waals surface area (Å²) in [5.74, 6) is 2.50. The first kappa shape index (κ1) is 19.9. The third-order valence-corrected chi connectivity index (χ3v) is 7.53. The minimum atomic E-state index is 0.424. The fourth-order valence-corrected chi connectivity index (χ4v) is 5.94. The fraction of sp³-hybridized carbons (Fsp3) is 0.538. The number of ether oxygens (including phenoxy) is 2. The lowest BCUT2D eigenvalue weighted by molar-refractivity contribution is 0.0926. The van der Waals surface area contributed by atoms with Crippen LogP contribution in [-0.2, 0) is 12.8 Å². The molecule has 1 saturated heterocycles. The maximum absolute atomic E-state index is 5.57. The largest absolute Gasteiger partial charge is 0.493 e. The molecule has 3 aliphatic rings.